The summed E-state index contributed by atoms with van der Waals surface area (Å²) in [6.07, 6.45) is -3.73. The van der Waals surface area contributed by atoms with E-state index in [0.717, 1.165) is 6.07 Å². The van der Waals surface area contributed by atoms with Crippen LogP contribution in [-0.2, 0) is 15.1 Å². The Bertz CT molecular complexity index is 1470. The van der Waals surface area contributed by atoms with E-state index in [4.69, 9.17) is 4.74 Å². The molecule has 1 aliphatic rings. The van der Waals surface area contributed by atoms with E-state index in [1.807, 2.05) is 20.8 Å². The van der Waals surface area contributed by atoms with Crippen molar-refractivity contribution < 1.29 is 42.1 Å². The van der Waals surface area contributed by atoms with Crippen molar-refractivity contribution in [3.8, 4) is 28.1 Å². The highest BCUT2D eigenvalue weighted by Gasteiger charge is 2.50. The second-order valence-electron chi connectivity index (χ2n) is 10.6. The molecule has 0 spiro atoms. The summed E-state index contributed by atoms with van der Waals surface area (Å²) in [5.74, 6) is -2.00. The molecule has 10 nitrogen and oxygen atoms in total. The van der Waals surface area contributed by atoms with Gasteiger partial charge in [0.15, 0.2) is 5.78 Å². The minimum absolute atomic E-state index is 0.0562. The lowest BCUT2D eigenvalue weighted by atomic mass is 9.81. The fourth-order valence-corrected chi connectivity index (χ4v) is 5.10. The zero-order chi connectivity index (χ0) is 30.8. The number of halogens is 3. The number of aromatic carboxylic acids is 1. The lowest BCUT2D eigenvalue weighted by Gasteiger charge is -2.32. The van der Waals surface area contributed by atoms with Crippen molar-refractivity contribution >= 4 is 17.8 Å². The molecule has 42 heavy (non-hydrogen) atoms. The number of imidazole rings is 1. The lowest BCUT2D eigenvalue weighted by molar-refractivity contribution is -0.274. The first-order valence-electron chi connectivity index (χ1n) is 13.2. The standard InChI is InChI=1S/C29H31F3N4O6/c1-15(2)23(36-27(40)41-4)24(37)28(12-16(3)13-34-28)26-33-14-21(35-26)18-7-5-17(6-8-18)20-10-9-19(25(38)39)11-22(20)42-29(30,31)32/h5-11,14-16,23,34H,12-13H2,1-4H3,(H,33,35)(H,36,40)(H,38,39)/t16-,23-,28+/m0/s1. The van der Waals surface area contributed by atoms with Crippen LogP contribution in [0.5, 0.6) is 5.75 Å². The number of aromatic nitrogens is 2. The van der Waals surface area contributed by atoms with Crippen molar-refractivity contribution in [3.63, 3.8) is 0 Å². The molecule has 2 aromatic carbocycles. The van der Waals surface area contributed by atoms with E-state index in [-0.39, 0.29) is 28.7 Å². The van der Waals surface area contributed by atoms with Gasteiger partial charge in [0.05, 0.1) is 30.6 Å². The average molecular weight is 589 g/mol. The minimum Gasteiger partial charge on any atom is -0.478 e. The van der Waals surface area contributed by atoms with Crippen LogP contribution in [0.3, 0.4) is 0 Å². The molecule has 0 radical (unpaired) electrons. The molecule has 1 aromatic heterocycles. The Hall–Kier alpha value is -4.39. The summed E-state index contributed by atoms with van der Waals surface area (Å²) < 4.78 is 47.9. The molecule has 0 unspecified atom stereocenters. The fraction of sp³-hybridized carbons (Fsp3) is 0.379. The number of hydrogen-bond acceptors (Lipinski definition) is 7. The molecule has 13 heteroatoms. The quantitative estimate of drug-likeness (QED) is 0.270. The number of nitrogens with one attached hydrogen (secondary N) is 3. The smallest absolute Gasteiger partial charge is 0.478 e. The number of carbonyl (C=O) groups is 3. The molecule has 1 amide bonds. The highest BCUT2D eigenvalue weighted by atomic mass is 19.4. The molecule has 3 aromatic rings. The molecular formula is C29H31F3N4O6. The largest absolute Gasteiger partial charge is 0.573 e. The van der Waals surface area contributed by atoms with Crippen molar-refractivity contribution in [1.29, 1.82) is 0 Å². The van der Waals surface area contributed by atoms with E-state index in [2.05, 4.69) is 25.3 Å². The first-order chi connectivity index (χ1) is 19.7. The van der Waals surface area contributed by atoms with Gasteiger partial charge in [0, 0.05) is 5.56 Å². The molecule has 224 valence electrons. The van der Waals surface area contributed by atoms with Gasteiger partial charge in [-0.05, 0) is 54.1 Å². The van der Waals surface area contributed by atoms with E-state index in [1.54, 1.807) is 30.5 Å². The van der Waals surface area contributed by atoms with Gasteiger partial charge in [-0.25, -0.2) is 14.6 Å². The number of carboxylic acids is 1. The molecule has 0 aliphatic carbocycles. The molecule has 2 heterocycles. The predicted octanol–water partition coefficient (Wildman–Crippen LogP) is 5.11. The number of carboxylic acid groups (broad SMARTS) is 1. The van der Waals surface area contributed by atoms with Gasteiger partial charge in [-0.1, -0.05) is 45.0 Å². The number of ketones is 1. The highest BCUT2D eigenvalue weighted by Crippen LogP contribution is 2.38. The summed E-state index contributed by atoms with van der Waals surface area (Å²) in [5.41, 5.74) is 0.0738. The summed E-state index contributed by atoms with van der Waals surface area (Å²) in [5, 5.41) is 15.1. The van der Waals surface area contributed by atoms with E-state index in [1.165, 1.54) is 19.2 Å². The normalized spacial score (nSPS) is 19.4. The van der Waals surface area contributed by atoms with Crippen LogP contribution in [0.1, 0.15) is 43.4 Å². The number of rotatable bonds is 9. The Morgan fingerprint density at radius 2 is 1.79 bits per heavy atom. The van der Waals surface area contributed by atoms with Gasteiger partial charge in [0.25, 0.3) is 0 Å². The van der Waals surface area contributed by atoms with Crippen molar-refractivity contribution in [1.82, 2.24) is 20.6 Å². The second-order valence-corrected chi connectivity index (χ2v) is 10.6. The number of carbonyl (C=O) groups excluding carboxylic acids is 2. The molecule has 1 saturated heterocycles. The number of methoxy groups -OCH3 is 1. The maximum atomic E-state index is 13.9. The van der Waals surface area contributed by atoms with E-state index in [0.29, 0.717) is 35.6 Å². The Morgan fingerprint density at radius 1 is 1.12 bits per heavy atom. The van der Waals surface area contributed by atoms with Gasteiger partial charge in [0.2, 0.25) is 0 Å². The minimum atomic E-state index is -5.02. The van der Waals surface area contributed by atoms with Gasteiger partial charge in [-0.2, -0.15) is 0 Å². The SMILES string of the molecule is COC(=O)N[C@H](C(=O)[C@@]1(c2ncc(-c3ccc(-c4ccc(C(=O)O)cc4OC(F)(F)F)cc3)[nH]2)C[C@H](C)CN1)C(C)C. The monoisotopic (exact) mass is 588 g/mol. The molecule has 0 bridgehead atoms. The first kappa shape index (κ1) is 30.6. The first-order valence-corrected chi connectivity index (χ1v) is 13.2. The van der Waals surface area contributed by atoms with Crippen LogP contribution in [-0.4, -0.2) is 59.0 Å². The van der Waals surface area contributed by atoms with Crippen LogP contribution in [0.4, 0.5) is 18.0 Å². The molecule has 4 N–H and O–H groups in total. The van der Waals surface area contributed by atoms with Crippen molar-refractivity contribution in [2.45, 2.75) is 45.1 Å². The van der Waals surface area contributed by atoms with E-state index < -0.39 is 35.8 Å². The molecule has 4 rings (SSSR count). The summed E-state index contributed by atoms with van der Waals surface area (Å²) in [6, 6.07) is 8.88. The third kappa shape index (κ3) is 6.40. The van der Waals surface area contributed by atoms with Crippen LogP contribution in [0.15, 0.2) is 48.7 Å². The Balaban J connectivity index is 1.66. The summed E-state index contributed by atoms with van der Waals surface area (Å²) in [4.78, 5) is 44.9. The summed E-state index contributed by atoms with van der Waals surface area (Å²) >= 11 is 0. The Labute approximate surface area is 239 Å². The fourth-order valence-electron chi connectivity index (χ4n) is 5.10. The van der Waals surface area contributed by atoms with Crippen LogP contribution < -0.4 is 15.4 Å². The van der Waals surface area contributed by atoms with Gasteiger partial charge in [0.1, 0.15) is 17.1 Å². The number of alkyl carbamates (subject to hydrolysis) is 1. The average Bonchev–Trinajstić information content (AvgIpc) is 3.58. The Morgan fingerprint density at radius 3 is 2.33 bits per heavy atom. The van der Waals surface area contributed by atoms with Crippen molar-refractivity contribution in [2.75, 3.05) is 13.7 Å². The van der Waals surface area contributed by atoms with Gasteiger partial charge < -0.3 is 24.9 Å². The highest BCUT2D eigenvalue weighted by molar-refractivity contribution is 5.96. The predicted molar refractivity (Wildman–Crippen MR) is 146 cm³/mol. The van der Waals surface area contributed by atoms with Crippen LogP contribution in [0.25, 0.3) is 22.4 Å². The van der Waals surface area contributed by atoms with Crippen LogP contribution in [0, 0.1) is 11.8 Å². The lowest BCUT2D eigenvalue weighted by Crippen LogP contribution is -2.57. The van der Waals surface area contributed by atoms with Gasteiger partial charge >= 0.3 is 18.4 Å². The topological polar surface area (TPSA) is 143 Å². The van der Waals surface area contributed by atoms with Crippen molar-refractivity contribution in [2.24, 2.45) is 11.8 Å². The van der Waals surface area contributed by atoms with Gasteiger partial charge in [-0.15, -0.1) is 13.2 Å². The number of Topliss-reactive ketones (excluding diaryl/α,β-unsaturated/α-hetero) is 1. The van der Waals surface area contributed by atoms with Crippen LogP contribution >= 0.6 is 0 Å². The molecule has 3 atom stereocenters. The zero-order valence-electron chi connectivity index (χ0n) is 23.3. The molecule has 0 saturated carbocycles. The summed E-state index contributed by atoms with van der Waals surface area (Å²) in [6.45, 7) is 6.20. The number of ether oxygens (including phenoxy) is 2. The van der Waals surface area contributed by atoms with E-state index in [9.17, 15) is 32.7 Å². The number of alkyl halides is 3. The molecule has 1 aliphatic heterocycles. The van der Waals surface area contributed by atoms with Crippen LogP contribution in [0.2, 0.25) is 0 Å². The third-order valence-electron chi connectivity index (χ3n) is 7.18. The van der Waals surface area contributed by atoms with Gasteiger partial charge in [-0.3, -0.25) is 10.1 Å². The maximum absolute atomic E-state index is 13.9. The Kier molecular flexibility index (Phi) is 8.62. The molecular weight excluding hydrogens is 557 g/mol. The van der Waals surface area contributed by atoms with E-state index >= 15 is 0 Å². The number of H-pyrrole nitrogens is 1. The maximum Gasteiger partial charge on any atom is 0.573 e. The number of benzene rings is 2. The summed E-state index contributed by atoms with van der Waals surface area (Å²) in [7, 11) is 1.22. The second kappa shape index (κ2) is 11.8. The number of amides is 1. The zero-order valence-corrected chi connectivity index (χ0v) is 23.3. The third-order valence-corrected chi connectivity index (χ3v) is 7.18. The number of aromatic amines is 1. The molecule has 1 fully saturated rings. The number of nitrogens with zero attached hydrogens (tertiary/aromatic N) is 1. The van der Waals surface area contributed by atoms with Crippen molar-refractivity contribution in [3.05, 3.63) is 60.0 Å². The number of hydrogen-bond donors (Lipinski definition) is 4.